The van der Waals surface area contributed by atoms with Crippen LogP contribution in [0.3, 0.4) is 0 Å². The molecule has 4 N–H and O–H groups in total. The van der Waals surface area contributed by atoms with Gasteiger partial charge in [0.15, 0.2) is 0 Å². The summed E-state index contributed by atoms with van der Waals surface area (Å²) in [6.45, 7) is 0.809. The van der Waals surface area contributed by atoms with Crippen LogP contribution in [0.5, 0.6) is 0 Å². The number of nitrogen functional groups attached to an aromatic ring is 2. The molecule has 0 saturated heterocycles. The third kappa shape index (κ3) is 3.42. The van der Waals surface area contributed by atoms with E-state index in [0.29, 0.717) is 24.8 Å². The average Bonchev–Trinajstić information content (AvgIpc) is 2.29. The Morgan fingerprint density at radius 2 is 1.29 bits per heavy atom. The number of aromatic nitrogens is 2. The number of hydrogen-bond donors (Lipinski definition) is 2. The van der Waals surface area contributed by atoms with Gasteiger partial charge in [-0.25, -0.2) is 9.97 Å². The zero-order valence-corrected chi connectivity index (χ0v) is 9.34. The number of rotatable bonds is 4. The van der Waals surface area contributed by atoms with Gasteiger partial charge in [0.25, 0.3) is 0 Å². The number of ether oxygens (including phenoxy) is 1. The van der Waals surface area contributed by atoms with Crippen LogP contribution in [0.4, 0.5) is 11.6 Å². The lowest BCUT2D eigenvalue weighted by molar-refractivity contribution is 0.102. The molecule has 17 heavy (non-hydrogen) atoms. The third-order valence-electron chi connectivity index (χ3n) is 2.16. The number of nitrogens with zero attached hydrogens (tertiary/aromatic N) is 2. The second kappa shape index (κ2) is 5.27. The summed E-state index contributed by atoms with van der Waals surface area (Å²) in [6.07, 6.45) is 0. The molecule has 2 heterocycles. The van der Waals surface area contributed by atoms with Gasteiger partial charge in [-0.3, -0.25) is 0 Å². The summed E-state index contributed by atoms with van der Waals surface area (Å²) in [7, 11) is 0. The Morgan fingerprint density at radius 3 is 1.71 bits per heavy atom. The largest absolute Gasteiger partial charge is 0.384 e. The Morgan fingerprint density at radius 1 is 0.824 bits per heavy atom. The predicted molar refractivity (Wildman–Crippen MR) is 65.8 cm³/mol. The summed E-state index contributed by atoms with van der Waals surface area (Å²) < 4.78 is 5.48. The van der Waals surface area contributed by atoms with E-state index >= 15 is 0 Å². The van der Waals surface area contributed by atoms with Gasteiger partial charge in [-0.05, 0) is 24.3 Å². The Bertz CT molecular complexity index is 456. The molecule has 0 saturated carbocycles. The molecule has 2 aromatic heterocycles. The molecular weight excluding hydrogens is 216 g/mol. The minimum atomic E-state index is 0.404. The Balaban J connectivity index is 1.87. The molecular formula is C12H14N4O. The van der Waals surface area contributed by atoms with E-state index in [0.717, 1.165) is 11.4 Å². The number of pyridine rings is 2. The third-order valence-corrected chi connectivity index (χ3v) is 2.16. The summed E-state index contributed by atoms with van der Waals surface area (Å²) in [4.78, 5) is 8.26. The van der Waals surface area contributed by atoms with Gasteiger partial charge in [-0.1, -0.05) is 12.1 Å². The second-order valence-electron chi connectivity index (χ2n) is 3.60. The molecule has 0 aliphatic heterocycles. The van der Waals surface area contributed by atoms with Gasteiger partial charge in [0.1, 0.15) is 11.6 Å². The Hall–Kier alpha value is -2.14. The van der Waals surface area contributed by atoms with Crippen LogP contribution in [0.15, 0.2) is 36.4 Å². The Kier molecular flexibility index (Phi) is 3.52. The van der Waals surface area contributed by atoms with Gasteiger partial charge >= 0.3 is 0 Å². The number of nitrogens with two attached hydrogens (primary N) is 2. The minimum absolute atomic E-state index is 0.404. The fourth-order valence-electron chi connectivity index (χ4n) is 1.42. The zero-order valence-electron chi connectivity index (χ0n) is 9.34. The van der Waals surface area contributed by atoms with Gasteiger partial charge < -0.3 is 16.2 Å². The van der Waals surface area contributed by atoms with Crippen molar-refractivity contribution < 1.29 is 4.74 Å². The molecule has 5 heteroatoms. The van der Waals surface area contributed by atoms with Crippen LogP contribution in [-0.2, 0) is 18.0 Å². The average molecular weight is 230 g/mol. The zero-order chi connectivity index (χ0) is 12.1. The molecule has 0 aliphatic rings. The maximum Gasteiger partial charge on any atom is 0.123 e. The SMILES string of the molecule is Nc1cccc(COCc2cccc(N)n2)n1. The molecule has 0 bridgehead atoms. The Labute approximate surface area is 99.5 Å². The van der Waals surface area contributed by atoms with Gasteiger partial charge in [-0.15, -0.1) is 0 Å². The maximum absolute atomic E-state index is 5.57. The first kappa shape index (κ1) is 11.3. The molecule has 0 amide bonds. The van der Waals surface area contributed by atoms with Crippen molar-refractivity contribution in [2.75, 3.05) is 11.5 Å². The van der Waals surface area contributed by atoms with E-state index in [1.54, 1.807) is 12.1 Å². The highest BCUT2D eigenvalue weighted by atomic mass is 16.5. The highest BCUT2D eigenvalue weighted by Crippen LogP contribution is 2.05. The monoisotopic (exact) mass is 230 g/mol. The molecule has 2 aromatic rings. The number of hydrogen-bond acceptors (Lipinski definition) is 5. The summed E-state index contributed by atoms with van der Waals surface area (Å²) in [5.41, 5.74) is 12.7. The lowest BCUT2D eigenvalue weighted by atomic mass is 10.3. The summed E-state index contributed by atoms with van der Waals surface area (Å²) >= 11 is 0. The minimum Gasteiger partial charge on any atom is -0.384 e. The van der Waals surface area contributed by atoms with Crippen LogP contribution >= 0.6 is 0 Å². The highest BCUT2D eigenvalue weighted by Gasteiger charge is 1.98. The van der Waals surface area contributed by atoms with Gasteiger partial charge in [0.05, 0.1) is 24.6 Å². The molecule has 0 spiro atoms. The highest BCUT2D eigenvalue weighted by molar-refractivity contribution is 5.29. The molecule has 0 aromatic carbocycles. The fourth-order valence-corrected chi connectivity index (χ4v) is 1.42. The first-order valence-corrected chi connectivity index (χ1v) is 5.24. The molecule has 0 fully saturated rings. The van der Waals surface area contributed by atoms with Crippen molar-refractivity contribution in [1.82, 2.24) is 9.97 Å². The first-order valence-electron chi connectivity index (χ1n) is 5.24. The smallest absolute Gasteiger partial charge is 0.123 e. The van der Waals surface area contributed by atoms with E-state index in [-0.39, 0.29) is 0 Å². The lowest BCUT2D eigenvalue weighted by Crippen LogP contribution is -2.01. The van der Waals surface area contributed by atoms with Crippen LogP contribution in [0.1, 0.15) is 11.4 Å². The van der Waals surface area contributed by atoms with Crippen molar-refractivity contribution >= 4 is 11.6 Å². The van der Waals surface area contributed by atoms with Crippen molar-refractivity contribution in [3.8, 4) is 0 Å². The molecule has 88 valence electrons. The van der Waals surface area contributed by atoms with Crippen molar-refractivity contribution in [3.05, 3.63) is 47.8 Å². The molecule has 2 rings (SSSR count). The quantitative estimate of drug-likeness (QED) is 0.828. The summed E-state index contributed by atoms with van der Waals surface area (Å²) in [5.74, 6) is 0.987. The standard InChI is InChI=1S/C12H14N4O/c13-11-5-1-3-9(15-11)7-17-8-10-4-2-6-12(14)16-10/h1-6H,7-8H2,(H2,13,15)(H2,14,16). The topological polar surface area (TPSA) is 87.0 Å². The van der Waals surface area contributed by atoms with Crippen molar-refractivity contribution in [2.24, 2.45) is 0 Å². The fraction of sp³-hybridized carbons (Fsp3) is 0.167. The predicted octanol–water partition coefficient (Wildman–Crippen LogP) is 1.36. The van der Waals surface area contributed by atoms with Crippen LogP contribution < -0.4 is 11.5 Å². The molecule has 5 nitrogen and oxygen atoms in total. The van der Waals surface area contributed by atoms with Crippen molar-refractivity contribution in [2.45, 2.75) is 13.2 Å². The van der Waals surface area contributed by atoms with Crippen LogP contribution in [0.2, 0.25) is 0 Å². The molecule has 0 atom stereocenters. The number of anilines is 2. The van der Waals surface area contributed by atoms with E-state index in [1.807, 2.05) is 24.3 Å². The van der Waals surface area contributed by atoms with Crippen LogP contribution in [0, 0.1) is 0 Å². The molecule has 0 unspecified atom stereocenters. The first-order chi connectivity index (χ1) is 8.24. The normalized spacial score (nSPS) is 10.4. The second-order valence-corrected chi connectivity index (χ2v) is 3.60. The van der Waals surface area contributed by atoms with E-state index in [4.69, 9.17) is 16.2 Å². The van der Waals surface area contributed by atoms with Crippen LogP contribution in [0.25, 0.3) is 0 Å². The van der Waals surface area contributed by atoms with E-state index in [9.17, 15) is 0 Å². The lowest BCUT2D eigenvalue weighted by Gasteiger charge is -2.04. The van der Waals surface area contributed by atoms with E-state index in [1.165, 1.54) is 0 Å². The summed E-state index contributed by atoms with van der Waals surface area (Å²) in [5, 5.41) is 0. The van der Waals surface area contributed by atoms with E-state index in [2.05, 4.69) is 9.97 Å². The molecule has 0 radical (unpaired) electrons. The van der Waals surface area contributed by atoms with Crippen molar-refractivity contribution in [1.29, 1.82) is 0 Å². The van der Waals surface area contributed by atoms with Gasteiger partial charge in [-0.2, -0.15) is 0 Å². The van der Waals surface area contributed by atoms with Gasteiger partial charge in [0.2, 0.25) is 0 Å². The van der Waals surface area contributed by atoms with Crippen molar-refractivity contribution in [3.63, 3.8) is 0 Å². The van der Waals surface area contributed by atoms with Crippen LogP contribution in [-0.4, -0.2) is 9.97 Å². The summed E-state index contributed by atoms with van der Waals surface area (Å²) in [6, 6.07) is 10.9. The maximum atomic E-state index is 5.57. The van der Waals surface area contributed by atoms with Gasteiger partial charge in [0, 0.05) is 0 Å². The van der Waals surface area contributed by atoms with E-state index < -0.39 is 0 Å². The molecule has 0 aliphatic carbocycles.